The molecule has 0 aliphatic rings. The molecule has 0 aromatic carbocycles. The number of hydrogen-bond donors (Lipinski definition) is 0. The van der Waals surface area contributed by atoms with Crippen molar-refractivity contribution in [3.05, 3.63) is 16.8 Å². The van der Waals surface area contributed by atoms with E-state index >= 15 is 0 Å². The first-order chi connectivity index (χ1) is 7.99. The minimum Gasteiger partial charge on any atom is -0.296 e. The summed E-state index contributed by atoms with van der Waals surface area (Å²) in [6.45, 7) is 8.51. The third-order valence-electron chi connectivity index (χ3n) is 2.53. The Morgan fingerprint density at radius 2 is 2.24 bits per heavy atom. The van der Waals surface area contributed by atoms with E-state index < -0.39 is 0 Å². The molecule has 0 atom stereocenters. The molecule has 0 saturated heterocycles. The van der Waals surface area contributed by atoms with Gasteiger partial charge < -0.3 is 0 Å². The van der Waals surface area contributed by atoms with Crippen LogP contribution < -0.4 is 0 Å². The summed E-state index contributed by atoms with van der Waals surface area (Å²) < 4.78 is 2.00. The zero-order chi connectivity index (χ0) is 12.6. The Kier molecular flexibility index (Phi) is 3.32. The molecular formula is C12H16N2OS2. The Hall–Kier alpha value is -0.810. The lowest BCUT2D eigenvalue weighted by atomic mass is 9.93. The number of carbonyl (C=O) groups excluding carboxylic acids is 1. The summed E-state index contributed by atoms with van der Waals surface area (Å²) in [6.07, 6.45) is 0.917. The molecule has 0 spiro atoms. The fraction of sp³-hybridized carbons (Fsp3) is 0.500. The van der Waals surface area contributed by atoms with Crippen molar-refractivity contribution in [2.24, 2.45) is 0 Å². The number of fused-ring (bicyclic) bond motifs is 1. The quantitative estimate of drug-likeness (QED) is 0.630. The molecule has 0 bridgehead atoms. The number of thiazole rings is 1. The first-order valence-corrected chi connectivity index (χ1v) is 7.44. The summed E-state index contributed by atoms with van der Waals surface area (Å²) in [7, 11) is 0. The third kappa shape index (κ3) is 2.13. The van der Waals surface area contributed by atoms with Gasteiger partial charge in [0.25, 0.3) is 0 Å². The van der Waals surface area contributed by atoms with Crippen LogP contribution in [0.3, 0.4) is 0 Å². The molecule has 17 heavy (non-hydrogen) atoms. The lowest BCUT2D eigenvalue weighted by Gasteiger charge is -2.17. The van der Waals surface area contributed by atoms with Gasteiger partial charge in [0, 0.05) is 16.5 Å². The summed E-state index contributed by atoms with van der Waals surface area (Å²) in [5, 5.41) is 2.94. The minimum absolute atomic E-state index is 0.0187. The van der Waals surface area contributed by atoms with E-state index in [1.165, 1.54) is 0 Å². The van der Waals surface area contributed by atoms with Crippen molar-refractivity contribution < 1.29 is 4.79 Å². The highest BCUT2D eigenvalue weighted by atomic mass is 32.2. The molecule has 0 amide bonds. The number of aromatic nitrogens is 2. The molecule has 0 radical (unpaired) electrons. The van der Waals surface area contributed by atoms with Gasteiger partial charge in [-0.1, -0.05) is 27.7 Å². The van der Waals surface area contributed by atoms with Crippen LogP contribution in [0.15, 0.2) is 10.4 Å². The van der Waals surface area contributed by atoms with Crippen LogP contribution in [0, 0.1) is 0 Å². The summed E-state index contributed by atoms with van der Waals surface area (Å²) >= 11 is 3.22. The Balaban J connectivity index is 2.69. The van der Waals surface area contributed by atoms with E-state index in [2.05, 4.69) is 38.1 Å². The van der Waals surface area contributed by atoms with Crippen molar-refractivity contribution in [1.82, 2.24) is 9.38 Å². The average Bonchev–Trinajstić information content (AvgIpc) is 2.74. The fourth-order valence-electron chi connectivity index (χ4n) is 1.72. The Bertz CT molecular complexity index is 549. The smallest absolute Gasteiger partial charge is 0.195 e. The van der Waals surface area contributed by atoms with Gasteiger partial charge in [-0.05, 0) is 5.75 Å². The van der Waals surface area contributed by atoms with E-state index in [4.69, 9.17) is 0 Å². The van der Waals surface area contributed by atoms with Crippen molar-refractivity contribution >= 4 is 34.3 Å². The SMILES string of the molecule is CCSc1nc2scc(C(C)(C)C)n2c1C=O. The molecule has 0 saturated carbocycles. The van der Waals surface area contributed by atoms with E-state index in [9.17, 15) is 4.79 Å². The summed E-state index contributed by atoms with van der Waals surface area (Å²) in [4.78, 5) is 16.7. The van der Waals surface area contributed by atoms with E-state index in [1.807, 2.05) is 4.40 Å². The maximum atomic E-state index is 11.3. The van der Waals surface area contributed by atoms with Gasteiger partial charge in [0.05, 0.1) is 0 Å². The molecule has 2 aromatic rings. The largest absolute Gasteiger partial charge is 0.296 e. The highest BCUT2D eigenvalue weighted by Crippen LogP contribution is 2.32. The first-order valence-electron chi connectivity index (χ1n) is 5.57. The number of nitrogens with zero attached hydrogens (tertiary/aromatic N) is 2. The number of imidazole rings is 1. The lowest BCUT2D eigenvalue weighted by molar-refractivity contribution is 0.111. The van der Waals surface area contributed by atoms with Crippen LogP contribution in [0.25, 0.3) is 4.96 Å². The van der Waals surface area contributed by atoms with Gasteiger partial charge in [0.2, 0.25) is 0 Å². The maximum absolute atomic E-state index is 11.3. The van der Waals surface area contributed by atoms with Crippen LogP contribution in [0.2, 0.25) is 0 Å². The van der Waals surface area contributed by atoms with Gasteiger partial charge in [0.1, 0.15) is 10.7 Å². The van der Waals surface area contributed by atoms with E-state index in [-0.39, 0.29) is 5.41 Å². The molecule has 0 unspecified atom stereocenters. The summed E-state index contributed by atoms with van der Waals surface area (Å²) in [6, 6.07) is 0. The molecular weight excluding hydrogens is 252 g/mol. The van der Waals surface area contributed by atoms with Crippen molar-refractivity contribution in [2.75, 3.05) is 5.75 Å². The number of carbonyl (C=O) groups is 1. The Labute approximate surface area is 109 Å². The number of aldehydes is 1. The molecule has 3 nitrogen and oxygen atoms in total. The van der Waals surface area contributed by atoms with Gasteiger partial charge >= 0.3 is 0 Å². The average molecular weight is 268 g/mol. The van der Waals surface area contributed by atoms with Gasteiger partial charge in [0.15, 0.2) is 11.2 Å². The monoisotopic (exact) mass is 268 g/mol. The molecule has 0 aliphatic heterocycles. The molecule has 2 heterocycles. The molecule has 2 rings (SSSR count). The first kappa shape index (κ1) is 12.6. The van der Waals surface area contributed by atoms with E-state index in [1.54, 1.807) is 23.1 Å². The van der Waals surface area contributed by atoms with Gasteiger partial charge in [-0.25, -0.2) is 4.98 Å². The summed E-state index contributed by atoms with van der Waals surface area (Å²) in [5.74, 6) is 0.927. The summed E-state index contributed by atoms with van der Waals surface area (Å²) in [5.41, 5.74) is 1.86. The zero-order valence-electron chi connectivity index (χ0n) is 10.5. The van der Waals surface area contributed by atoms with Crippen LogP contribution in [-0.4, -0.2) is 21.4 Å². The highest BCUT2D eigenvalue weighted by Gasteiger charge is 2.23. The van der Waals surface area contributed by atoms with Crippen molar-refractivity contribution in [3.63, 3.8) is 0 Å². The minimum atomic E-state index is 0.0187. The second kappa shape index (κ2) is 4.46. The standard InChI is InChI=1S/C12H16N2OS2/c1-5-16-10-8(6-15)14-9(12(2,3)4)7-17-11(14)13-10/h6-7H,5H2,1-4H3. The molecule has 0 N–H and O–H groups in total. The fourth-order valence-corrected chi connectivity index (χ4v) is 3.62. The number of hydrogen-bond acceptors (Lipinski definition) is 4. The lowest BCUT2D eigenvalue weighted by Crippen LogP contribution is -2.15. The van der Waals surface area contributed by atoms with Crippen LogP contribution in [-0.2, 0) is 5.41 Å². The molecule has 0 fully saturated rings. The second-order valence-electron chi connectivity index (χ2n) is 4.84. The van der Waals surface area contributed by atoms with Crippen molar-refractivity contribution in [3.8, 4) is 0 Å². The maximum Gasteiger partial charge on any atom is 0.195 e. The molecule has 2 aromatic heterocycles. The van der Waals surface area contributed by atoms with E-state index in [0.29, 0.717) is 5.69 Å². The van der Waals surface area contributed by atoms with Crippen LogP contribution in [0.4, 0.5) is 0 Å². The Morgan fingerprint density at radius 1 is 1.53 bits per heavy atom. The van der Waals surface area contributed by atoms with Crippen LogP contribution in [0.5, 0.6) is 0 Å². The third-order valence-corrected chi connectivity index (χ3v) is 4.21. The van der Waals surface area contributed by atoms with E-state index in [0.717, 1.165) is 27.7 Å². The van der Waals surface area contributed by atoms with Gasteiger partial charge in [-0.3, -0.25) is 9.20 Å². The number of thioether (sulfide) groups is 1. The molecule has 92 valence electrons. The van der Waals surface area contributed by atoms with Crippen molar-refractivity contribution in [2.45, 2.75) is 38.1 Å². The van der Waals surface area contributed by atoms with Gasteiger partial charge in [-0.2, -0.15) is 0 Å². The highest BCUT2D eigenvalue weighted by molar-refractivity contribution is 7.99. The Morgan fingerprint density at radius 3 is 2.76 bits per heavy atom. The number of rotatable bonds is 3. The normalized spacial score (nSPS) is 12.2. The van der Waals surface area contributed by atoms with Crippen LogP contribution >= 0.6 is 23.1 Å². The predicted octanol–water partition coefficient (Wildman–Crippen LogP) is 3.62. The van der Waals surface area contributed by atoms with Crippen LogP contribution in [0.1, 0.15) is 43.9 Å². The second-order valence-corrected chi connectivity index (χ2v) is 6.93. The predicted molar refractivity (Wildman–Crippen MR) is 73.6 cm³/mol. The topological polar surface area (TPSA) is 34.4 Å². The van der Waals surface area contributed by atoms with Crippen molar-refractivity contribution in [1.29, 1.82) is 0 Å². The molecule has 5 heteroatoms. The zero-order valence-corrected chi connectivity index (χ0v) is 12.1. The van der Waals surface area contributed by atoms with Gasteiger partial charge in [-0.15, -0.1) is 23.1 Å². The molecule has 0 aliphatic carbocycles.